The van der Waals surface area contributed by atoms with E-state index in [4.69, 9.17) is 4.74 Å². The Morgan fingerprint density at radius 3 is 2.62 bits per heavy atom. The average molecular weight is 356 g/mol. The standard InChI is InChI=1S/C20H24N2O4/c1-4-26-19-10-9-17(13-18(19)22(24)25)20(23)21-11-5-6-16-8-7-14(2)12-15(16)3/h7-10,12-13H,4-6,11H2,1-3H3,(H,21,23). The second-order valence-corrected chi connectivity index (χ2v) is 6.16. The third kappa shape index (κ3) is 5.05. The number of nitrogens with zero attached hydrogens (tertiary/aromatic N) is 1. The van der Waals surface area contributed by atoms with E-state index >= 15 is 0 Å². The molecule has 0 aliphatic carbocycles. The number of benzene rings is 2. The number of carbonyl (C=O) groups is 1. The van der Waals surface area contributed by atoms with Crippen molar-refractivity contribution in [3.63, 3.8) is 0 Å². The molecule has 1 N–H and O–H groups in total. The highest BCUT2D eigenvalue weighted by atomic mass is 16.6. The van der Waals surface area contributed by atoms with Crippen molar-refractivity contribution in [2.24, 2.45) is 0 Å². The van der Waals surface area contributed by atoms with Gasteiger partial charge in [-0.3, -0.25) is 14.9 Å². The Balaban J connectivity index is 1.93. The number of nitro benzene ring substituents is 1. The lowest BCUT2D eigenvalue weighted by atomic mass is 10.0. The first kappa shape index (κ1) is 19.4. The fraction of sp³-hybridized carbons (Fsp3) is 0.350. The van der Waals surface area contributed by atoms with Crippen LogP contribution in [-0.4, -0.2) is 24.0 Å². The van der Waals surface area contributed by atoms with Crippen LogP contribution in [0.3, 0.4) is 0 Å². The molecule has 138 valence electrons. The summed E-state index contributed by atoms with van der Waals surface area (Å²) in [6.45, 7) is 6.73. The van der Waals surface area contributed by atoms with Gasteiger partial charge in [-0.25, -0.2) is 0 Å². The van der Waals surface area contributed by atoms with Gasteiger partial charge in [-0.05, 0) is 56.9 Å². The van der Waals surface area contributed by atoms with Gasteiger partial charge in [0.05, 0.1) is 11.5 Å². The third-order valence-electron chi connectivity index (χ3n) is 4.12. The first-order chi connectivity index (χ1) is 12.4. The van der Waals surface area contributed by atoms with Gasteiger partial charge < -0.3 is 10.1 Å². The maximum absolute atomic E-state index is 12.2. The van der Waals surface area contributed by atoms with Crippen molar-refractivity contribution in [3.8, 4) is 5.75 Å². The van der Waals surface area contributed by atoms with Crippen molar-refractivity contribution in [1.29, 1.82) is 0 Å². The molecule has 26 heavy (non-hydrogen) atoms. The molecule has 2 aromatic carbocycles. The molecule has 1 amide bonds. The van der Waals surface area contributed by atoms with Gasteiger partial charge in [0.15, 0.2) is 5.75 Å². The van der Waals surface area contributed by atoms with E-state index in [2.05, 4.69) is 37.4 Å². The highest BCUT2D eigenvalue weighted by Crippen LogP contribution is 2.27. The van der Waals surface area contributed by atoms with Crippen LogP contribution < -0.4 is 10.1 Å². The maximum atomic E-state index is 12.2. The zero-order valence-corrected chi connectivity index (χ0v) is 15.4. The third-order valence-corrected chi connectivity index (χ3v) is 4.12. The zero-order chi connectivity index (χ0) is 19.1. The van der Waals surface area contributed by atoms with Gasteiger partial charge in [-0.15, -0.1) is 0 Å². The lowest BCUT2D eigenvalue weighted by Gasteiger charge is -2.09. The first-order valence-corrected chi connectivity index (χ1v) is 8.68. The molecule has 0 unspecified atom stereocenters. The average Bonchev–Trinajstić information content (AvgIpc) is 2.60. The van der Waals surface area contributed by atoms with Gasteiger partial charge in [0.25, 0.3) is 5.91 Å². The molecular formula is C20H24N2O4. The lowest BCUT2D eigenvalue weighted by Crippen LogP contribution is -2.24. The zero-order valence-electron chi connectivity index (χ0n) is 15.4. The number of amides is 1. The minimum absolute atomic E-state index is 0.170. The summed E-state index contributed by atoms with van der Waals surface area (Å²) in [7, 11) is 0. The maximum Gasteiger partial charge on any atom is 0.311 e. The fourth-order valence-electron chi connectivity index (χ4n) is 2.79. The molecular weight excluding hydrogens is 332 g/mol. The van der Waals surface area contributed by atoms with Crippen molar-refractivity contribution < 1.29 is 14.5 Å². The molecule has 0 atom stereocenters. The number of nitrogens with one attached hydrogen (secondary N) is 1. The first-order valence-electron chi connectivity index (χ1n) is 8.68. The van der Waals surface area contributed by atoms with E-state index in [1.807, 2.05) is 0 Å². The summed E-state index contributed by atoms with van der Waals surface area (Å²) in [5.41, 5.74) is 3.80. The Labute approximate surface area is 153 Å². The quantitative estimate of drug-likeness (QED) is 0.441. The van der Waals surface area contributed by atoms with Crippen LogP contribution in [0.4, 0.5) is 5.69 Å². The van der Waals surface area contributed by atoms with Crippen LogP contribution in [0.5, 0.6) is 5.75 Å². The molecule has 0 radical (unpaired) electrons. The van der Waals surface area contributed by atoms with E-state index in [9.17, 15) is 14.9 Å². The van der Waals surface area contributed by atoms with Gasteiger partial charge >= 0.3 is 5.69 Å². The summed E-state index contributed by atoms with van der Waals surface area (Å²) >= 11 is 0. The second kappa shape index (κ2) is 8.99. The van der Waals surface area contributed by atoms with E-state index in [1.165, 1.54) is 34.9 Å². The molecule has 0 aliphatic rings. The van der Waals surface area contributed by atoms with Crippen LogP contribution in [0.15, 0.2) is 36.4 Å². The Bertz CT molecular complexity index is 802. The molecule has 0 fully saturated rings. The molecule has 0 bridgehead atoms. The van der Waals surface area contributed by atoms with Gasteiger partial charge in [-0.2, -0.15) is 0 Å². The monoisotopic (exact) mass is 356 g/mol. The Hall–Kier alpha value is -2.89. The van der Waals surface area contributed by atoms with E-state index in [0.29, 0.717) is 13.2 Å². The van der Waals surface area contributed by atoms with Crippen LogP contribution in [0.2, 0.25) is 0 Å². The van der Waals surface area contributed by atoms with E-state index < -0.39 is 4.92 Å². The Morgan fingerprint density at radius 2 is 1.96 bits per heavy atom. The molecule has 2 aromatic rings. The predicted molar refractivity (Wildman–Crippen MR) is 101 cm³/mol. The largest absolute Gasteiger partial charge is 0.487 e. The molecule has 0 spiro atoms. The Kier molecular flexibility index (Phi) is 6.72. The van der Waals surface area contributed by atoms with E-state index in [1.54, 1.807) is 6.92 Å². The van der Waals surface area contributed by atoms with Crippen molar-refractivity contribution >= 4 is 11.6 Å². The van der Waals surface area contributed by atoms with Gasteiger partial charge in [-0.1, -0.05) is 23.8 Å². The molecule has 0 saturated carbocycles. The number of hydrogen-bond acceptors (Lipinski definition) is 4. The summed E-state index contributed by atoms with van der Waals surface area (Å²) in [5.74, 6) is -0.152. The molecule has 0 heterocycles. The normalized spacial score (nSPS) is 10.4. The molecule has 6 heteroatoms. The minimum atomic E-state index is -0.540. The highest BCUT2D eigenvalue weighted by Gasteiger charge is 2.18. The number of aryl methyl sites for hydroxylation is 3. The van der Waals surface area contributed by atoms with Gasteiger partial charge in [0.2, 0.25) is 0 Å². The van der Waals surface area contributed by atoms with Crippen molar-refractivity contribution in [1.82, 2.24) is 5.32 Å². The summed E-state index contributed by atoms with van der Waals surface area (Å²) in [6, 6.07) is 10.6. The summed E-state index contributed by atoms with van der Waals surface area (Å²) in [6.07, 6.45) is 1.67. The molecule has 0 aliphatic heterocycles. The predicted octanol–water partition coefficient (Wildman–Crippen LogP) is 3.97. The summed E-state index contributed by atoms with van der Waals surface area (Å²) < 4.78 is 5.23. The molecule has 0 aromatic heterocycles. The SMILES string of the molecule is CCOc1ccc(C(=O)NCCCc2ccc(C)cc2C)cc1[N+](=O)[O-]. The van der Waals surface area contributed by atoms with Crippen molar-refractivity contribution in [2.45, 2.75) is 33.6 Å². The Morgan fingerprint density at radius 1 is 1.19 bits per heavy atom. The minimum Gasteiger partial charge on any atom is -0.487 e. The summed E-state index contributed by atoms with van der Waals surface area (Å²) in [4.78, 5) is 22.8. The molecule has 0 saturated heterocycles. The van der Waals surface area contributed by atoms with Gasteiger partial charge in [0, 0.05) is 18.2 Å². The van der Waals surface area contributed by atoms with Crippen LogP contribution in [-0.2, 0) is 6.42 Å². The fourth-order valence-corrected chi connectivity index (χ4v) is 2.79. The number of ether oxygens (including phenoxy) is 1. The van der Waals surface area contributed by atoms with Crippen LogP contribution in [0, 0.1) is 24.0 Å². The van der Waals surface area contributed by atoms with Crippen LogP contribution >= 0.6 is 0 Å². The van der Waals surface area contributed by atoms with Crippen LogP contribution in [0.1, 0.15) is 40.4 Å². The summed E-state index contributed by atoms with van der Waals surface area (Å²) in [5, 5.41) is 14.0. The van der Waals surface area contributed by atoms with Gasteiger partial charge in [0.1, 0.15) is 0 Å². The molecule has 2 rings (SSSR count). The van der Waals surface area contributed by atoms with Crippen molar-refractivity contribution in [2.75, 3.05) is 13.2 Å². The van der Waals surface area contributed by atoms with E-state index in [-0.39, 0.29) is 22.9 Å². The van der Waals surface area contributed by atoms with Crippen LogP contribution in [0.25, 0.3) is 0 Å². The number of carbonyl (C=O) groups excluding carboxylic acids is 1. The number of rotatable bonds is 8. The molecule has 6 nitrogen and oxygen atoms in total. The number of nitro groups is 1. The topological polar surface area (TPSA) is 81.5 Å². The highest BCUT2D eigenvalue weighted by molar-refractivity contribution is 5.95. The smallest absolute Gasteiger partial charge is 0.311 e. The second-order valence-electron chi connectivity index (χ2n) is 6.16. The number of hydrogen-bond donors (Lipinski definition) is 1. The van der Waals surface area contributed by atoms with E-state index in [0.717, 1.165) is 12.8 Å². The van der Waals surface area contributed by atoms with Crippen molar-refractivity contribution in [3.05, 3.63) is 68.8 Å². The lowest BCUT2D eigenvalue weighted by molar-refractivity contribution is -0.385.